The summed E-state index contributed by atoms with van der Waals surface area (Å²) >= 11 is 0. The molecule has 0 bridgehead atoms. The summed E-state index contributed by atoms with van der Waals surface area (Å²) in [6.45, 7) is -0.745. The van der Waals surface area contributed by atoms with Crippen LogP contribution in [-0.4, -0.2) is 42.8 Å². The van der Waals surface area contributed by atoms with Crippen molar-refractivity contribution in [2.45, 2.75) is 6.54 Å². The molecule has 3 rings (SSSR count). The fourth-order valence-electron chi connectivity index (χ4n) is 3.12. The van der Waals surface area contributed by atoms with Gasteiger partial charge in [-0.05, 0) is 42.0 Å². The zero-order valence-corrected chi connectivity index (χ0v) is 18.4. The fourth-order valence-corrected chi connectivity index (χ4v) is 3.12. The summed E-state index contributed by atoms with van der Waals surface area (Å²) in [7, 11) is 1.53. The molecule has 3 amide bonds. The number of hydrogen-bond donors (Lipinski definition) is 2. The van der Waals surface area contributed by atoms with Gasteiger partial charge in [0.1, 0.15) is 23.9 Å². The molecule has 9 heteroatoms. The van der Waals surface area contributed by atoms with Gasteiger partial charge in [0.15, 0.2) is 0 Å². The first-order valence-electron chi connectivity index (χ1n) is 10.3. The highest BCUT2D eigenvalue weighted by atomic mass is 19.1. The molecule has 0 atom stereocenters. The van der Waals surface area contributed by atoms with Crippen LogP contribution in [0.5, 0.6) is 5.75 Å². The number of anilines is 1. The molecule has 0 aliphatic carbocycles. The highest BCUT2D eigenvalue weighted by molar-refractivity contribution is 5.98. The molecule has 0 aromatic heterocycles. The maximum atomic E-state index is 14.2. The van der Waals surface area contributed by atoms with E-state index in [0.717, 1.165) is 17.0 Å². The zero-order chi connectivity index (χ0) is 24.5. The van der Waals surface area contributed by atoms with E-state index < -0.39 is 35.9 Å². The molecule has 34 heavy (non-hydrogen) atoms. The van der Waals surface area contributed by atoms with Crippen LogP contribution in [-0.2, 0) is 16.1 Å². The molecule has 3 aromatic rings. The van der Waals surface area contributed by atoms with E-state index in [1.165, 1.54) is 7.11 Å². The lowest BCUT2D eigenvalue weighted by Gasteiger charge is -2.23. The number of rotatable bonds is 9. The molecule has 2 N–H and O–H groups in total. The third-order valence-electron chi connectivity index (χ3n) is 4.82. The van der Waals surface area contributed by atoms with Crippen LogP contribution in [0.15, 0.2) is 72.8 Å². The Labute approximate surface area is 195 Å². The van der Waals surface area contributed by atoms with E-state index in [0.29, 0.717) is 23.1 Å². The third kappa shape index (κ3) is 6.86. The molecule has 0 saturated carbocycles. The normalized spacial score (nSPS) is 10.3. The van der Waals surface area contributed by atoms with Crippen molar-refractivity contribution in [3.63, 3.8) is 0 Å². The van der Waals surface area contributed by atoms with E-state index >= 15 is 0 Å². The number of carbonyl (C=O) groups is 3. The van der Waals surface area contributed by atoms with Crippen LogP contribution in [0.4, 0.5) is 14.5 Å². The summed E-state index contributed by atoms with van der Waals surface area (Å²) in [5.74, 6) is -3.07. The highest BCUT2D eigenvalue weighted by Crippen LogP contribution is 2.16. The predicted molar refractivity (Wildman–Crippen MR) is 122 cm³/mol. The van der Waals surface area contributed by atoms with Gasteiger partial charge in [0, 0.05) is 18.3 Å². The summed E-state index contributed by atoms with van der Waals surface area (Å²) in [5.41, 5.74) is 0.874. The Morgan fingerprint density at radius 2 is 1.62 bits per heavy atom. The molecule has 0 aliphatic rings. The van der Waals surface area contributed by atoms with E-state index in [-0.39, 0.29) is 18.7 Å². The van der Waals surface area contributed by atoms with Gasteiger partial charge in [0.2, 0.25) is 11.8 Å². The zero-order valence-electron chi connectivity index (χ0n) is 18.4. The van der Waals surface area contributed by atoms with Gasteiger partial charge < -0.3 is 20.3 Å². The van der Waals surface area contributed by atoms with E-state index in [1.807, 2.05) is 0 Å². The predicted octanol–water partition coefficient (Wildman–Crippen LogP) is 3.37. The smallest absolute Gasteiger partial charge is 0.257 e. The van der Waals surface area contributed by atoms with Gasteiger partial charge in [-0.25, -0.2) is 8.78 Å². The quantitative estimate of drug-likeness (QED) is 0.505. The van der Waals surface area contributed by atoms with Crippen LogP contribution in [0.3, 0.4) is 0 Å². The van der Waals surface area contributed by atoms with Crippen molar-refractivity contribution >= 4 is 23.4 Å². The van der Waals surface area contributed by atoms with E-state index in [1.54, 1.807) is 54.6 Å². The SMILES string of the molecule is COc1ccc(NC(=O)CNC(=O)CN(Cc2ccccc2)C(=O)c2ccc(F)cc2F)cc1. The standard InChI is InChI=1S/C25H23F2N3O4/c1-34-20-10-8-19(9-11-20)29-23(31)14-28-24(32)16-30(15-17-5-3-2-4-6-17)25(33)21-12-7-18(26)13-22(21)27/h2-13H,14-16H2,1H3,(H,28,32)(H,29,31). The summed E-state index contributed by atoms with van der Waals surface area (Å²) in [4.78, 5) is 38.7. The average molecular weight is 467 g/mol. The van der Waals surface area contributed by atoms with Gasteiger partial charge in [-0.15, -0.1) is 0 Å². The summed E-state index contributed by atoms with van der Waals surface area (Å²) in [5, 5.41) is 5.08. The minimum Gasteiger partial charge on any atom is -0.497 e. The lowest BCUT2D eigenvalue weighted by Crippen LogP contribution is -2.42. The van der Waals surface area contributed by atoms with Gasteiger partial charge in [0.05, 0.1) is 19.2 Å². The minimum absolute atomic E-state index is 0.0158. The van der Waals surface area contributed by atoms with Crippen LogP contribution in [0.1, 0.15) is 15.9 Å². The van der Waals surface area contributed by atoms with E-state index in [9.17, 15) is 23.2 Å². The maximum Gasteiger partial charge on any atom is 0.257 e. The monoisotopic (exact) mass is 467 g/mol. The number of halogens is 2. The van der Waals surface area contributed by atoms with Crippen molar-refractivity contribution in [1.29, 1.82) is 0 Å². The molecule has 3 aromatic carbocycles. The van der Waals surface area contributed by atoms with Crippen LogP contribution in [0.2, 0.25) is 0 Å². The molecule has 0 saturated heterocycles. The van der Waals surface area contributed by atoms with Gasteiger partial charge in [0.25, 0.3) is 5.91 Å². The molecular weight excluding hydrogens is 444 g/mol. The summed E-state index contributed by atoms with van der Waals surface area (Å²) in [6.07, 6.45) is 0. The summed E-state index contributed by atoms with van der Waals surface area (Å²) in [6, 6.07) is 18.1. The Morgan fingerprint density at radius 3 is 2.26 bits per heavy atom. The molecule has 0 heterocycles. The maximum absolute atomic E-state index is 14.2. The van der Waals surface area contributed by atoms with Crippen LogP contribution in [0.25, 0.3) is 0 Å². The first kappa shape index (κ1) is 24.4. The Kier molecular flexibility index (Phi) is 8.28. The van der Waals surface area contributed by atoms with Gasteiger partial charge >= 0.3 is 0 Å². The first-order valence-corrected chi connectivity index (χ1v) is 10.3. The largest absolute Gasteiger partial charge is 0.497 e. The number of ether oxygens (including phenoxy) is 1. The Bertz CT molecular complexity index is 1150. The number of methoxy groups -OCH3 is 1. The molecule has 176 valence electrons. The topological polar surface area (TPSA) is 87.7 Å². The van der Waals surface area contributed by atoms with Crippen molar-refractivity contribution in [1.82, 2.24) is 10.2 Å². The number of nitrogens with one attached hydrogen (secondary N) is 2. The second kappa shape index (κ2) is 11.6. The Hall–Kier alpha value is -4.27. The molecule has 0 spiro atoms. The minimum atomic E-state index is -1.03. The fraction of sp³-hybridized carbons (Fsp3) is 0.160. The molecule has 0 unspecified atom stereocenters. The molecule has 0 aliphatic heterocycles. The first-order chi connectivity index (χ1) is 16.4. The average Bonchev–Trinajstić information content (AvgIpc) is 2.83. The van der Waals surface area contributed by atoms with Crippen molar-refractivity contribution in [3.05, 3.63) is 95.6 Å². The van der Waals surface area contributed by atoms with Crippen LogP contribution < -0.4 is 15.4 Å². The number of amides is 3. The third-order valence-corrected chi connectivity index (χ3v) is 4.82. The second-order valence-electron chi connectivity index (χ2n) is 7.32. The van der Waals surface area contributed by atoms with Gasteiger partial charge in [-0.1, -0.05) is 30.3 Å². The van der Waals surface area contributed by atoms with Crippen LogP contribution in [0, 0.1) is 11.6 Å². The van der Waals surface area contributed by atoms with Gasteiger partial charge in [-0.3, -0.25) is 14.4 Å². The number of benzene rings is 3. The number of hydrogen-bond acceptors (Lipinski definition) is 4. The molecular formula is C25H23F2N3O4. The van der Waals surface area contributed by atoms with Crippen molar-refractivity contribution in [2.24, 2.45) is 0 Å². The van der Waals surface area contributed by atoms with Crippen LogP contribution >= 0.6 is 0 Å². The molecule has 7 nitrogen and oxygen atoms in total. The van der Waals surface area contributed by atoms with Crippen molar-refractivity contribution in [3.8, 4) is 5.75 Å². The number of nitrogens with zero attached hydrogens (tertiary/aromatic N) is 1. The Balaban J connectivity index is 1.64. The van der Waals surface area contributed by atoms with Crippen molar-refractivity contribution < 1.29 is 27.9 Å². The highest BCUT2D eigenvalue weighted by Gasteiger charge is 2.22. The lowest BCUT2D eigenvalue weighted by atomic mass is 10.1. The summed E-state index contributed by atoms with van der Waals surface area (Å²) < 4.78 is 32.5. The Morgan fingerprint density at radius 1 is 0.912 bits per heavy atom. The van der Waals surface area contributed by atoms with E-state index in [4.69, 9.17) is 4.74 Å². The second-order valence-corrected chi connectivity index (χ2v) is 7.32. The molecule has 0 radical (unpaired) electrons. The molecule has 0 fully saturated rings. The number of carbonyl (C=O) groups excluding carboxylic acids is 3. The lowest BCUT2D eigenvalue weighted by molar-refractivity contribution is -0.124. The van der Waals surface area contributed by atoms with E-state index in [2.05, 4.69) is 10.6 Å². The van der Waals surface area contributed by atoms with Crippen molar-refractivity contribution in [2.75, 3.05) is 25.5 Å². The van der Waals surface area contributed by atoms with Gasteiger partial charge in [-0.2, -0.15) is 0 Å².